The number of nitrogens with zero attached hydrogens (tertiary/aromatic N) is 2. The Kier molecular flexibility index (Phi) is 6.40. The average molecular weight is 369 g/mol. The summed E-state index contributed by atoms with van der Waals surface area (Å²) in [5.41, 5.74) is 4.33. The quantitative estimate of drug-likeness (QED) is 0.425. The lowest BCUT2D eigenvalue weighted by molar-refractivity contribution is 0.577. The maximum Gasteiger partial charge on any atom is 0.190 e. The van der Waals surface area contributed by atoms with Crippen LogP contribution in [0, 0.1) is 12.7 Å². The Morgan fingerprint density at radius 3 is 2.38 bits per heavy atom. The molecule has 0 atom stereocenters. The van der Waals surface area contributed by atoms with Crippen molar-refractivity contribution in [2.45, 2.75) is 46.1 Å². The van der Waals surface area contributed by atoms with E-state index in [-0.39, 0.29) is 5.82 Å². The van der Waals surface area contributed by atoms with E-state index < -0.39 is 0 Å². The number of rotatable bonds is 7. The van der Waals surface area contributed by atoms with Gasteiger partial charge in [0.15, 0.2) is 4.80 Å². The first-order valence-corrected chi connectivity index (χ1v) is 10.1. The first-order chi connectivity index (χ1) is 12.7. The Bertz CT molecular complexity index is 889. The largest absolute Gasteiger partial charge is 0.316 e. The van der Waals surface area contributed by atoms with E-state index >= 15 is 0 Å². The SMILES string of the molecule is CCCCCCn1c(-c2ccc(F)cc2)csc1=Nc1ccc(C)cc1. The lowest BCUT2D eigenvalue weighted by atomic mass is 10.1. The molecule has 3 aromatic rings. The van der Waals surface area contributed by atoms with Crippen LogP contribution in [0.2, 0.25) is 0 Å². The number of hydrogen-bond donors (Lipinski definition) is 0. The van der Waals surface area contributed by atoms with Crippen LogP contribution in [0.5, 0.6) is 0 Å². The first-order valence-electron chi connectivity index (χ1n) is 9.23. The summed E-state index contributed by atoms with van der Waals surface area (Å²) < 4.78 is 15.6. The lowest BCUT2D eigenvalue weighted by Crippen LogP contribution is -2.16. The van der Waals surface area contributed by atoms with Gasteiger partial charge in [0.25, 0.3) is 0 Å². The number of aryl methyl sites for hydroxylation is 1. The summed E-state index contributed by atoms with van der Waals surface area (Å²) in [6.45, 7) is 5.23. The highest BCUT2D eigenvalue weighted by molar-refractivity contribution is 7.07. The molecule has 2 nitrogen and oxygen atoms in total. The maximum absolute atomic E-state index is 13.3. The molecule has 0 aliphatic heterocycles. The van der Waals surface area contributed by atoms with Crippen LogP contribution in [-0.2, 0) is 6.54 Å². The minimum atomic E-state index is -0.206. The molecule has 3 rings (SSSR count). The van der Waals surface area contributed by atoms with E-state index in [9.17, 15) is 4.39 Å². The van der Waals surface area contributed by atoms with Gasteiger partial charge in [-0.2, -0.15) is 0 Å². The topological polar surface area (TPSA) is 17.3 Å². The minimum absolute atomic E-state index is 0.206. The van der Waals surface area contributed by atoms with E-state index in [2.05, 4.69) is 35.9 Å². The smallest absolute Gasteiger partial charge is 0.190 e. The van der Waals surface area contributed by atoms with Crippen LogP contribution in [0.4, 0.5) is 10.1 Å². The van der Waals surface area contributed by atoms with Crippen molar-refractivity contribution in [2.24, 2.45) is 4.99 Å². The molecule has 0 spiro atoms. The standard InChI is InChI=1S/C22H25FN2S/c1-3-4-5-6-15-25-21(18-9-11-19(23)12-10-18)16-26-22(25)24-20-13-7-17(2)8-14-20/h7-14,16H,3-6,15H2,1-2H3. The molecule has 0 N–H and O–H groups in total. The van der Waals surface area contributed by atoms with Crippen molar-refractivity contribution in [3.05, 3.63) is 70.1 Å². The fourth-order valence-corrected chi connectivity index (χ4v) is 3.87. The first kappa shape index (κ1) is 18.6. The molecule has 0 aliphatic rings. The van der Waals surface area contributed by atoms with Gasteiger partial charge in [0, 0.05) is 11.9 Å². The van der Waals surface area contributed by atoms with Crippen LogP contribution >= 0.6 is 11.3 Å². The molecular weight excluding hydrogens is 343 g/mol. The number of benzene rings is 2. The van der Waals surface area contributed by atoms with E-state index in [1.807, 2.05) is 24.3 Å². The molecule has 2 aromatic carbocycles. The van der Waals surface area contributed by atoms with E-state index in [0.717, 1.165) is 34.7 Å². The molecule has 0 bridgehead atoms. The Labute approximate surface area is 158 Å². The lowest BCUT2D eigenvalue weighted by Gasteiger charge is -2.09. The van der Waals surface area contributed by atoms with E-state index in [1.165, 1.54) is 37.0 Å². The predicted octanol–water partition coefficient (Wildman–Crippen LogP) is 6.48. The zero-order valence-corrected chi connectivity index (χ0v) is 16.2. The van der Waals surface area contributed by atoms with Gasteiger partial charge in [0.2, 0.25) is 0 Å². The highest BCUT2D eigenvalue weighted by atomic mass is 32.1. The zero-order chi connectivity index (χ0) is 18.4. The summed E-state index contributed by atoms with van der Waals surface area (Å²) >= 11 is 1.64. The summed E-state index contributed by atoms with van der Waals surface area (Å²) in [6, 6.07) is 15.0. The summed E-state index contributed by atoms with van der Waals surface area (Å²) in [5, 5.41) is 2.13. The van der Waals surface area contributed by atoms with Crippen molar-refractivity contribution in [3.8, 4) is 11.3 Å². The molecule has 0 saturated carbocycles. The second-order valence-electron chi connectivity index (χ2n) is 6.57. The van der Waals surface area contributed by atoms with Crippen LogP contribution in [0.3, 0.4) is 0 Å². The number of hydrogen-bond acceptors (Lipinski definition) is 2. The van der Waals surface area contributed by atoms with Gasteiger partial charge in [-0.25, -0.2) is 9.38 Å². The highest BCUT2D eigenvalue weighted by Gasteiger charge is 2.08. The van der Waals surface area contributed by atoms with Gasteiger partial charge in [0.1, 0.15) is 5.82 Å². The third-order valence-electron chi connectivity index (χ3n) is 4.43. The van der Waals surface area contributed by atoms with Crippen LogP contribution < -0.4 is 4.80 Å². The highest BCUT2D eigenvalue weighted by Crippen LogP contribution is 2.22. The summed E-state index contributed by atoms with van der Waals surface area (Å²) in [6.07, 6.45) is 4.81. The maximum atomic E-state index is 13.3. The number of unbranched alkanes of at least 4 members (excludes halogenated alkanes) is 3. The molecule has 0 fully saturated rings. The Balaban J connectivity index is 1.97. The van der Waals surface area contributed by atoms with Crippen LogP contribution in [0.1, 0.15) is 38.2 Å². The number of thiazole rings is 1. The number of aromatic nitrogens is 1. The molecule has 0 unspecified atom stereocenters. The van der Waals surface area contributed by atoms with E-state index in [0.29, 0.717) is 0 Å². The Hall–Kier alpha value is -2.20. The van der Waals surface area contributed by atoms with Gasteiger partial charge >= 0.3 is 0 Å². The van der Waals surface area contributed by atoms with Crippen molar-refractivity contribution in [1.29, 1.82) is 0 Å². The van der Waals surface area contributed by atoms with Crippen LogP contribution in [0.15, 0.2) is 58.9 Å². The fourth-order valence-electron chi connectivity index (χ4n) is 2.91. The number of halogens is 1. The normalized spacial score (nSPS) is 11.9. The molecule has 26 heavy (non-hydrogen) atoms. The van der Waals surface area contributed by atoms with Crippen molar-refractivity contribution in [1.82, 2.24) is 4.57 Å². The molecule has 1 heterocycles. The van der Waals surface area contributed by atoms with Gasteiger partial charge in [-0.15, -0.1) is 11.3 Å². The van der Waals surface area contributed by atoms with Crippen LogP contribution in [0.25, 0.3) is 11.3 Å². The molecule has 0 saturated heterocycles. The second-order valence-corrected chi connectivity index (χ2v) is 7.41. The second kappa shape index (κ2) is 8.95. The molecule has 136 valence electrons. The van der Waals surface area contributed by atoms with Crippen molar-refractivity contribution < 1.29 is 4.39 Å². The minimum Gasteiger partial charge on any atom is -0.316 e. The zero-order valence-electron chi connectivity index (χ0n) is 15.4. The molecule has 1 aromatic heterocycles. The van der Waals surface area contributed by atoms with Gasteiger partial charge in [-0.1, -0.05) is 43.9 Å². The summed E-state index contributed by atoms with van der Waals surface area (Å²) in [7, 11) is 0. The molecule has 0 aliphatic carbocycles. The molecule has 0 radical (unpaired) electrons. The third-order valence-corrected chi connectivity index (χ3v) is 5.30. The monoisotopic (exact) mass is 368 g/mol. The summed E-state index contributed by atoms with van der Waals surface area (Å²) in [4.78, 5) is 5.84. The van der Waals surface area contributed by atoms with Crippen molar-refractivity contribution in [3.63, 3.8) is 0 Å². The molecular formula is C22H25FN2S. The summed E-state index contributed by atoms with van der Waals surface area (Å²) in [5.74, 6) is -0.206. The molecule has 4 heteroatoms. The van der Waals surface area contributed by atoms with E-state index in [1.54, 1.807) is 11.3 Å². The van der Waals surface area contributed by atoms with Crippen LogP contribution in [-0.4, -0.2) is 4.57 Å². The Morgan fingerprint density at radius 1 is 0.962 bits per heavy atom. The van der Waals surface area contributed by atoms with Gasteiger partial charge in [-0.3, -0.25) is 0 Å². The molecule has 0 amide bonds. The van der Waals surface area contributed by atoms with E-state index in [4.69, 9.17) is 4.99 Å². The van der Waals surface area contributed by atoms with Crippen molar-refractivity contribution >= 4 is 17.0 Å². The van der Waals surface area contributed by atoms with Gasteiger partial charge in [-0.05, 0) is 55.3 Å². The van der Waals surface area contributed by atoms with Gasteiger partial charge < -0.3 is 4.57 Å². The Morgan fingerprint density at radius 2 is 1.69 bits per heavy atom. The van der Waals surface area contributed by atoms with Crippen molar-refractivity contribution in [2.75, 3.05) is 0 Å². The average Bonchev–Trinajstić information content (AvgIpc) is 3.04. The third kappa shape index (κ3) is 4.70. The van der Waals surface area contributed by atoms with Gasteiger partial charge in [0.05, 0.1) is 11.4 Å². The fraction of sp³-hybridized carbons (Fsp3) is 0.318. The predicted molar refractivity (Wildman–Crippen MR) is 108 cm³/mol.